The molecule has 0 bridgehead atoms. The van der Waals surface area contributed by atoms with Crippen molar-refractivity contribution in [3.63, 3.8) is 0 Å². The number of hydrogen-bond donors (Lipinski definition) is 2. The van der Waals surface area contributed by atoms with E-state index in [9.17, 15) is 9.59 Å². The summed E-state index contributed by atoms with van der Waals surface area (Å²) in [4.78, 5) is 26.6. The van der Waals surface area contributed by atoms with Gasteiger partial charge in [-0.15, -0.1) is 0 Å². The first-order valence-corrected chi connectivity index (χ1v) is 7.06. The summed E-state index contributed by atoms with van der Waals surface area (Å²) in [7, 11) is 0. The third-order valence-corrected chi connectivity index (χ3v) is 3.76. The summed E-state index contributed by atoms with van der Waals surface area (Å²) in [6.07, 6.45) is 0.872. The molecular weight excluding hydrogens is 270 g/mol. The first-order valence-electron chi connectivity index (χ1n) is 7.06. The third kappa shape index (κ3) is 3.72. The molecule has 0 aliphatic carbocycles. The number of aryl methyl sites for hydroxylation is 1. The third-order valence-electron chi connectivity index (χ3n) is 3.76. The van der Waals surface area contributed by atoms with E-state index in [1.54, 1.807) is 17.0 Å². The van der Waals surface area contributed by atoms with Crippen molar-refractivity contribution in [1.29, 1.82) is 0 Å². The zero-order chi connectivity index (χ0) is 15.4. The molecule has 6 nitrogen and oxygen atoms in total. The number of nitrogens with zero attached hydrogens (tertiary/aromatic N) is 2. The number of carboxylic acid groups (broad SMARTS) is 1. The van der Waals surface area contributed by atoms with Crippen LogP contribution >= 0.6 is 0 Å². The number of likely N-dealkylation sites (tertiary alicyclic amines) is 1. The molecule has 1 atom stereocenters. The van der Waals surface area contributed by atoms with E-state index in [0.717, 1.165) is 12.0 Å². The number of carbonyl (C=O) groups excluding carboxylic acids is 1. The topological polar surface area (TPSA) is 86.9 Å². The number of benzene rings is 1. The SMILES string of the molecule is Cc1ccc(N(CC(=O)O)C(=O)N2CCC(CN)C2)cc1. The van der Waals surface area contributed by atoms with Crippen LogP contribution in [0.4, 0.5) is 10.5 Å². The second kappa shape index (κ2) is 6.58. The molecule has 1 aromatic rings. The average Bonchev–Trinajstić information content (AvgIpc) is 2.94. The molecule has 3 N–H and O–H groups in total. The van der Waals surface area contributed by atoms with Gasteiger partial charge in [0.05, 0.1) is 0 Å². The van der Waals surface area contributed by atoms with Crippen molar-refractivity contribution >= 4 is 17.7 Å². The van der Waals surface area contributed by atoms with Crippen molar-refractivity contribution < 1.29 is 14.7 Å². The van der Waals surface area contributed by atoms with Crippen LogP contribution in [-0.2, 0) is 4.79 Å². The standard InChI is InChI=1S/C15H21N3O3/c1-11-2-4-13(5-3-11)18(10-14(19)20)15(21)17-7-6-12(8-16)9-17/h2-5,12H,6-10,16H2,1H3,(H,19,20). The second-order valence-electron chi connectivity index (χ2n) is 5.43. The van der Waals surface area contributed by atoms with Gasteiger partial charge >= 0.3 is 12.0 Å². The minimum absolute atomic E-state index is 0.266. The molecule has 21 heavy (non-hydrogen) atoms. The van der Waals surface area contributed by atoms with Crippen LogP contribution < -0.4 is 10.6 Å². The van der Waals surface area contributed by atoms with Crippen molar-refractivity contribution in [3.8, 4) is 0 Å². The van der Waals surface area contributed by atoms with Crippen LogP contribution in [0.5, 0.6) is 0 Å². The monoisotopic (exact) mass is 291 g/mol. The van der Waals surface area contributed by atoms with Crippen LogP contribution in [0.1, 0.15) is 12.0 Å². The lowest BCUT2D eigenvalue weighted by molar-refractivity contribution is -0.135. The predicted molar refractivity (Wildman–Crippen MR) is 80.3 cm³/mol. The fourth-order valence-electron chi connectivity index (χ4n) is 2.50. The normalized spacial score (nSPS) is 17.8. The maximum Gasteiger partial charge on any atom is 0.325 e. The average molecular weight is 291 g/mol. The van der Waals surface area contributed by atoms with E-state index >= 15 is 0 Å². The molecule has 6 heteroatoms. The van der Waals surface area contributed by atoms with Gasteiger partial charge in [0.1, 0.15) is 6.54 Å². The Labute approximate surface area is 124 Å². The number of carbonyl (C=O) groups is 2. The van der Waals surface area contributed by atoms with Gasteiger partial charge in [-0.3, -0.25) is 9.69 Å². The fourth-order valence-corrected chi connectivity index (χ4v) is 2.50. The fraction of sp³-hybridized carbons (Fsp3) is 0.467. The Balaban J connectivity index is 2.17. The predicted octanol–water partition coefficient (Wildman–Crippen LogP) is 1.29. The number of aliphatic carboxylic acids is 1. The van der Waals surface area contributed by atoms with Crippen LogP contribution in [0, 0.1) is 12.8 Å². The Morgan fingerprint density at radius 2 is 2.05 bits per heavy atom. The molecule has 0 radical (unpaired) electrons. The van der Waals surface area contributed by atoms with Crippen LogP contribution in [0.3, 0.4) is 0 Å². The van der Waals surface area contributed by atoms with Crippen LogP contribution in [0.15, 0.2) is 24.3 Å². The highest BCUT2D eigenvalue weighted by molar-refractivity contribution is 5.96. The molecule has 1 saturated heterocycles. The summed E-state index contributed by atoms with van der Waals surface area (Å²) in [5.41, 5.74) is 7.30. The minimum atomic E-state index is -1.03. The second-order valence-corrected chi connectivity index (χ2v) is 5.43. The summed E-state index contributed by atoms with van der Waals surface area (Å²) in [6.45, 7) is 3.37. The first-order chi connectivity index (χ1) is 10.0. The molecule has 0 saturated carbocycles. The Hall–Kier alpha value is -2.08. The highest BCUT2D eigenvalue weighted by Gasteiger charge is 2.30. The summed E-state index contributed by atoms with van der Waals surface area (Å²) < 4.78 is 0. The number of hydrogen-bond acceptors (Lipinski definition) is 3. The van der Waals surface area contributed by atoms with Crippen molar-refractivity contribution in [1.82, 2.24) is 4.90 Å². The van der Waals surface area contributed by atoms with E-state index in [0.29, 0.717) is 31.2 Å². The lowest BCUT2D eigenvalue weighted by atomic mass is 10.1. The number of carboxylic acids is 1. The van der Waals surface area contributed by atoms with E-state index in [1.807, 2.05) is 19.1 Å². The molecular formula is C15H21N3O3. The molecule has 0 spiro atoms. The van der Waals surface area contributed by atoms with Gasteiger partial charge in [-0.05, 0) is 37.9 Å². The van der Waals surface area contributed by atoms with Gasteiger partial charge < -0.3 is 15.7 Å². The van der Waals surface area contributed by atoms with Crippen molar-refractivity contribution in [3.05, 3.63) is 29.8 Å². The van der Waals surface area contributed by atoms with Crippen molar-refractivity contribution in [2.45, 2.75) is 13.3 Å². The quantitative estimate of drug-likeness (QED) is 0.875. The van der Waals surface area contributed by atoms with Crippen molar-refractivity contribution in [2.75, 3.05) is 31.1 Å². The van der Waals surface area contributed by atoms with Crippen LogP contribution in [0.25, 0.3) is 0 Å². The van der Waals surface area contributed by atoms with Gasteiger partial charge in [0, 0.05) is 18.8 Å². The Morgan fingerprint density at radius 3 is 2.57 bits per heavy atom. The molecule has 1 aromatic carbocycles. The van der Waals surface area contributed by atoms with E-state index < -0.39 is 5.97 Å². The molecule has 2 rings (SSSR count). The lowest BCUT2D eigenvalue weighted by Crippen LogP contribution is -2.45. The highest BCUT2D eigenvalue weighted by Crippen LogP contribution is 2.21. The van der Waals surface area contributed by atoms with Crippen LogP contribution in [0.2, 0.25) is 0 Å². The summed E-state index contributed by atoms with van der Waals surface area (Å²) in [5.74, 6) is -0.725. The van der Waals surface area contributed by atoms with Gasteiger partial charge in [0.15, 0.2) is 0 Å². The van der Waals surface area contributed by atoms with E-state index in [-0.39, 0.29) is 12.6 Å². The number of amides is 2. The summed E-state index contributed by atoms with van der Waals surface area (Å²) in [5, 5.41) is 9.06. The number of urea groups is 1. The Morgan fingerprint density at radius 1 is 1.38 bits per heavy atom. The molecule has 1 unspecified atom stereocenters. The van der Waals surface area contributed by atoms with E-state index in [4.69, 9.17) is 10.8 Å². The molecule has 1 aliphatic heterocycles. The zero-order valence-electron chi connectivity index (χ0n) is 12.2. The molecule has 1 heterocycles. The van der Waals surface area contributed by atoms with Crippen LogP contribution in [-0.4, -0.2) is 48.2 Å². The number of nitrogens with two attached hydrogens (primary N) is 1. The Bertz CT molecular complexity index is 515. The smallest absolute Gasteiger partial charge is 0.325 e. The maximum atomic E-state index is 12.6. The highest BCUT2D eigenvalue weighted by atomic mass is 16.4. The summed E-state index contributed by atoms with van der Waals surface area (Å²) >= 11 is 0. The first kappa shape index (κ1) is 15.3. The molecule has 2 amide bonds. The minimum Gasteiger partial charge on any atom is -0.480 e. The maximum absolute atomic E-state index is 12.6. The van der Waals surface area contributed by atoms with E-state index in [1.165, 1.54) is 4.90 Å². The van der Waals surface area contributed by atoms with Gasteiger partial charge in [0.2, 0.25) is 0 Å². The van der Waals surface area contributed by atoms with Gasteiger partial charge in [0.25, 0.3) is 0 Å². The number of rotatable bonds is 4. The number of anilines is 1. The van der Waals surface area contributed by atoms with Crippen molar-refractivity contribution in [2.24, 2.45) is 11.7 Å². The zero-order valence-corrected chi connectivity index (χ0v) is 12.2. The van der Waals surface area contributed by atoms with Gasteiger partial charge in [-0.25, -0.2) is 4.79 Å². The van der Waals surface area contributed by atoms with Gasteiger partial charge in [-0.2, -0.15) is 0 Å². The Kier molecular flexibility index (Phi) is 4.80. The lowest BCUT2D eigenvalue weighted by Gasteiger charge is -2.27. The largest absolute Gasteiger partial charge is 0.480 e. The van der Waals surface area contributed by atoms with Gasteiger partial charge in [-0.1, -0.05) is 17.7 Å². The molecule has 114 valence electrons. The summed E-state index contributed by atoms with van der Waals surface area (Å²) in [6, 6.07) is 7.00. The molecule has 1 fully saturated rings. The molecule has 1 aliphatic rings. The molecule has 0 aromatic heterocycles. The van der Waals surface area contributed by atoms with E-state index in [2.05, 4.69) is 0 Å².